The first-order chi connectivity index (χ1) is 14.7. The minimum absolute atomic E-state index is 0.000635. The third kappa shape index (κ3) is 4.00. The number of fused-ring (bicyclic) bond motifs is 1. The summed E-state index contributed by atoms with van der Waals surface area (Å²) < 4.78 is 11.9. The van der Waals surface area contributed by atoms with Gasteiger partial charge < -0.3 is 14.8 Å². The molecule has 1 aromatic heterocycles. The van der Waals surface area contributed by atoms with Crippen LogP contribution in [0.2, 0.25) is 0 Å². The SMILES string of the molecule is COc1cn(-c2ccccc2)nc1C(=O)OCC(=O)Nc1cccc2ccccc12. The van der Waals surface area contributed by atoms with Crippen molar-refractivity contribution in [2.45, 2.75) is 0 Å². The number of rotatable bonds is 6. The van der Waals surface area contributed by atoms with Crippen LogP contribution < -0.4 is 10.1 Å². The van der Waals surface area contributed by atoms with Gasteiger partial charge in [0, 0.05) is 11.1 Å². The molecule has 7 nitrogen and oxygen atoms in total. The lowest BCUT2D eigenvalue weighted by Crippen LogP contribution is -2.21. The molecule has 4 aromatic rings. The molecule has 4 rings (SSSR count). The van der Waals surface area contributed by atoms with Crippen LogP contribution in [0.15, 0.2) is 79.0 Å². The van der Waals surface area contributed by atoms with Crippen molar-refractivity contribution >= 4 is 28.3 Å². The highest BCUT2D eigenvalue weighted by molar-refractivity contribution is 6.03. The van der Waals surface area contributed by atoms with Crippen LogP contribution in [0.3, 0.4) is 0 Å². The average Bonchev–Trinajstić information content (AvgIpc) is 3.23. The number of carbonyl (C=O) groups is 2. The second kappa shape index (κ2) is 8.48. The smallest absolute Gasteiger partial charge is 0.363 e. The van der Waals surface area contributed by atoms with Crippen LogP contribution in [0.25, 0.3) is 16.5 Å². The van der Waals surface area contributed by atoms with E-state index in [0.717, 1.165) is 16.5 Å². The van der Waals surface area contributed by atoms with Crippen LogP contribution in [0.5, 0.6) is 5.75 Å². The van der Waals surface area contributed by atoms with Gasteiger partial charge in [0.25, 0.3) is 5.91 Å². The predicted octanol–water partition coefficient (Wildman–Crippen LogP) is 3.83. The number of amides is 1. The second-order valence-electron chi connectivity index (χ2n) is 6.48. The van der Waals surface area contributed by atoms with E-state index >= 15 is 0 Å². The van der Waals surface area contributed by atoms with E-state index in [1.165, 1.54) is 11.8 Å². The monoisotopic (exact) mass is 401 g/mol. The predicted molar refractivity (Wildman–Crippen MR) is 113 cm³/mol. The number of carbonyl (C=O) groups excluding carboxylic acids is 2. The fraction of sp³-hybridized carbons (Fsp3) is 0.0870. The number of nitrogens with one attached hydrogen (secondary N) is 1. The highest BCUT2D eigenvalue weighted by Crippen LogP contribution is 2.23. The largest absolute Gasteiger partial charge is 0.493 e. The van der Waals surface area contributed by atoms with E-state index in [-0.39, 0.29) is 11.4 Å². The molecule has 7 heteroatoms. The summed E-state index contributed by atoms with van der Waals surface area (Å²) in [6.45, 7) is -0.441. The fourth-order valence-corrected chi connectivity index (χ4v) is 3.08. The molecular weight excluding hydrogens is 382 g/mol. The Morgan fingerprint density at radius 1 is 0.967 bits per heavy atom. The van der Waals surface area contributed by atoms with Crippen molar-refractivity contribution in [3.05, 3.63) is 84.7 Å². The molecule has 0 unspecified atom stereocenters. The molecule has 150 valence electrons. The molecule has 0 bridgehead atoms. The number of aromatic nitrogens is 2. The van der Waals surface area contributed by atoms with E-state index in [1.54, 1.807) is 12.3 Å². The van der Waals surface area contributed by atoms with E-state index in [1.807, 2.05) is 66.7 Å². The van der Waals surface area contributed by atoms with Crippen molar-refractivity contribution in [3.63, 3.8) is 0 Å². The summed E-state index contributed by atoms with van der Waals surface area (Å²) in [6.07, 6.45) is 1.59. The molecule has 0 fully saturated rings. The van der Waals surface area contributed by atoms with Crippen molar-refractivity contribution < 1.29 is 19.1 Å². The maximum atomic E-state index is 12.5. The van der Waals surface area contributed by atoms with Crippen molar-refractivity contribution in [1.29, 1.82) is 0 Å². The molecule has 0 saturated carbocycles. The lowest BCUT2D eigenvalue weighted by Gasteiger charge is -2.09. The van der Waals surface area contributed by atoms with Gasteiger partial charge in [0.15, 0.2) is 12.4 Å². The quantitative estimate of drug-likeness (QED) is 0.497. The average molecular weight is 401 g/mol. The summed E-state index contributed by atoms with van der Waals surface area (Å²) in [4.78, 5) is 24.8. The van der Waals surface area contributed by atoms with Gasteiger partial charge in [-0.3, -0.25) is 4.79 Å². The molecule has 0 saturated heterocycles. The van der Waals surface area contributed by atoms with Crippen LogP contribution >= 0.6 is 0 Å². The summed E-state index contributed by atoms with van der Waals surface area (Å²) in [5.41, 5.74) is 1.42. The summed E-state index contributed by atoms with van der Waals surface area (Å²) >= 11 is 0. The number of ether oxygens (including phenoxy) is 2. The van der Waals surface area contributed by atoms with Crippen LogP contribution in [-0.4, -0.2) is 35.4 Å². The molecule has 1 amide bonds. The zero-order valence-corrected chi connectivity index (χ0v) is 16.2. The molecule has 0 radical (unpaired) electrons. The van der Waals surface area contributed by atoms with Gasteiger partial charge in [-0.2, -0.15) is 5.10 Å². The van der Waals surface area contributed by atoms with Crippen LogP contribution in [0, 0.1) is 0 Å². The molecular formula is C23H19N3O4. The third-order valence-electron chi connectivity index (χ3n) is 4.51. The van der Waals surface area contributed by atoms with Gasteiger partial charge in [0.05, 0.1) is 19.0 Å². The van der Waals surface area contributed by atoms with Crippen molar-refractivity contribution in [2.24, 2.45) is 0 Å². The molecule has 1 N–H and O–H groups in total. The number of esters is 1. The number of para-hydroxylation sites is 1. The summed E-state index contributed by atoms with van der Waals surface area (Å²) in [5, 5.41) is 8.93. The normalized spacial score (nSPS) is 10.6. The topological polar surface area (TPSA) is 82.5 Å². The van der Waals surface area contributed by atoms with E-state index in [2.05, 4.69) is 10.4 Å². The molecule has 0 atom stereocenters. The summed E-state index contributed by atoms with van der Waals surface area (Å²) in [5.74, 6) is -0.922. The molecule has 0 aliphatic carbocycles. The van der Waals surface area contributed by atoms with Gasteiger partial charge in [-0.1, -0.05) is 54.6 Å². The Morgan fingerprint density at radius 2 is 1.70 bits per heavy atom. The molecule has 0 spiro atoms. The first-order valence-corrected chi connectivity index (χ1v) is 9.29. The third-order valence-corrected chi connectivity index (χ3v) is 4.51. The Morgan fingerprint density at radius 3 is 2.50 bits per heavy atom. The van der Waals surface area contributed by atoms with Crippen LogP contribution in [0.4, 0.5) is 5.69 Å². The first-order valence-electron chi connectivity index (χ1n) is 9.29. The Hall–Kier alpha value is -4.13. The number of methoxy groups -OCH3 is 1. The van der Waals surface area contributed by atoms with Crippen molar-refractivity contribution in [2.75, 3.05) is 19.0 Å². The van der Waals surface area contributed by atoms with Crippen molar-refractivity contribution in [1.82, 2.24) is 9.78 Å². The number of nitrogens with zero attached hydrogens (tertiary/aromatic N) is 2. The van der Waals surface area contributed by atoms with Gasteiger partial charge in [-0.25, -0.2) is 9.48 Å². The maximum absolute atomic E-state index is 12.5. The van der Waals surface area contributed by atoms with Gasteiger partial charge in [-0.05, 0) is 23.6 Å². The van der Waals surface area contributed by atoms with E-state index in [0.29, 0.717) is 5.69 Å². The molecule has 0 aliphatic rings. The lowest BCUT2D eigenvalue weighted by atomic mass is 10.1. The van der Waals surface area contributed by atoms with E-state index < -0.39 is 18.5 Å². The number of hydrogen-bond acceptors (Lipinski definition) is 5. The van der Waals surface area contributed by atoms with Crippen LogP contribution in [-0.2, 0) is 9.53 Å². The Bertz CT molecular complexity index is 1200. The van der Waals surface area contributed by atoms with Gasteiger partial charge in [0.2, 0.25) is 5.69 Å². The Balaban J connectivity index is 1.44. The van der Waals surface area contributed by atoms with Gasteiger partial charge in [-0.15, -0.1) is 0 Å². The zero-order chi connectivity index (χ0) is 20.9. The minimum atomic E-state index is -0.741. The Labute approximate surface area is 172 Å². The highest BCUT2D eigenvalue weighted by atomic mass is 16.5. The van der Waals surface area contributed by atoms with Crippen LogP contribution in [0.1, 0.15) is 10.5 Å². The van der Waals surface area contributed by atoms with Gasteiger partial charge in [0.1, 0.15) is 0 Å². The first kappa shape index (κ1) is 19.2. The summed E-state index contributed by atoms with van der Waals surface area (Å²) in [6, 6.07) is 22.6. The van der Waals surface area contributed by atoms with Gasteiger partial charge >= 0.3 is 5.97 Å². The highest BCUT2D eigenvalue weighted by Gasteiger charge is 2.21. The fourth-order valence-electron chi connectivity index (χ4n) is 3.08. The molecule has 0 aliphatic heterocycles. The minimum Gasteiger partial charge on any atom is -0.493 e. The molecule has 3 aromatic carbocycles. The zero-order valence-electron chi connectivity index (χ0n) is 16.2. The number of anilines is 1. The summed E-state index contributed by atoms with van der Waals surface area (Å²) in [7, 11) is 1.44. The molecule has 30 heavy (non-hydrogen) atoms. The second-order valence-corrected chi connectivity index (χ2v) is 6.48. The van der Waals surface area contributed by atoms with E-state index in [9.17, 15) is 9.59 Å². The Kier molecular flexibility index (Phi) is 5.43. The maximum Gasteiger partial charge on any atom is 0.363 e. The molecule has 1 heterocycles. The standard InChI is InChI=1S/C23H19N3O4/c1-29-20-14-26(17-10-3-2-4-11-17)25-22(20)23(28)30-15-21(27)24-19-13-7-9-16-8-5-6-12-18(16)19/h2-14H,15H2,1H3,(H,24,27). The lowest BCUT2D eigenvalue weighted by molar-refractivity contribution is -0.119. The number of hydrogen-bond donors (Lipinski definition) is 1. The van der Waals surface area contributed by atoms with Crippen molar-refractivity contribution in [3.8, 4) is 11.4 Å². The number of benzene rings is 3. The van der Waals surface area contributed by atoms with E-state index in [4.69, 9.17) is 9.47 Å².